The summed E-state index contributed by atoms with van der Waals surface area (Å²) in [6.07, 6.45) is -0.144. The molecule has 0 unspecified atom stereocenters. The van der Waals surface area contributed by atoms with E-state index in [4.69, 9.17) is 16.3 Å². The van der Waals surface area contributed by atoms with Crippen molar-refractivity contribution in [2.45, 2.75) is 6.10 Å². The number of halogens is 1. The van der Waals surface area contributed by atoms with E-state index in [2.05, 4.69) is 10.2 Å². The van der Waals surface area contributed by atoms with Crippen LogP contribution in [-0.4, -0.2) is 40.7 Å². The SMILES string of the molecule is O=C(c1cc(-c2ccsc2)n[nH]1)N1CCO[C@H](c2ccc(Cl)cc2)C1. The highest BCUT2D eigenvalue weighted by Gasteiger charge is 2.27. The summed E-state index contributed by atoms with van der Waals surface area (Å²) in [4.78, 5) is 14.6. The number of H-pyrrole nitrogens is 1. The van der Waals surface area contributed by atoms with E-state index in [0.29, 0.717) is 30.4 Å². The second kappa shape index (κ2) is 7.00. The molecule has 1 fully saturated rings. The fraction of sp³-hybridized carbons (Fsp3) is 0.222. The van der Waals surface area contributed by atoms with E-state index in [-0.39, 0.29) is 12.0 Å². The summed E-state index contributed by atoms with van der Waals surface area (Å²) in [5.41, 5.74) is 3.32. The predicted molar refractivity (Wildman–Crippen MR) is 97.9 cm³/mol. The number of hydrogen-bond acceptors (Lipinski definition) is 4. The van der Waals surface area contributed by atoms with Gasteiger partial charge in [0.1, 0.15) is 11.8 Å². The smallest absolute Gasteiger partial charge is 0.272 e. The molecule has 1 aliphatic heterocycles. The Morgan fingerprint density at radius 3 is 2.92 bits per heavy atom. The van der Waals surface area contributed by atoms with E-state index in [0.717, 1.165) is 16.8 Å². The minimum absolute atomic E-state index is 0.0590. The maximum Gasteiger partial charge on any atom is 0.272 e. The van der Waals surface area contributed by atoms with Gasteiger partial charge in [-0.25, -0.2) is 0 Å². The largest absolute Gasteiger partial charge is 0.370 e. The number of rotatable bonds is 3. The highest BCUT2D eigenvalue weighted by atomic mass is 35.5. The van der Waals surface area contributed by atoms with Gasteiger partial charge in [-0.15, -0.1) is 0 Å². The van der Waals surface area contributed by atoms with Crippen LogP contribution in [0.5, 0.6) is 0 Å². The van der Waals surface area contributed by atoms with Crippen LogP contribution in [0.15, 0.2) is 47.2 Å². The van der Waals surface area contributed by atoms with Crippen molar-refractivity contribution >= 4 is 28.8 Å². The molecule has 2 aromatic heterocycles. The molecule has 1 atom stereocenters. The number of ether oxygens (including phenoxy) is 1. The van der Waals surface area contributed by atoms with E-state index in [9.17, 15) is 4.79 Å². The van der Waals surface area contributed by atoms with E-state index < -0.39 is 0 Å². The number of morpholine rings is 1. The molecule has 7 heteroatoms. The topological polar surface area (TPSA) is 58.2 Å². The van der Waals surface area contributed by atoms with Crippen molar-refractivity contribution in [1.82, 2.24) is 15.1 Å². The molecule has 3 heterocycles. The third-order valence-electron chi connectivity index (χ3n) is 4.22. The van der Waals surface area contributed by atoms with Crippen molar-refractivity contribution in [2.24, 2.45) is 0 Å². The molecule has 0 bridgehead atoms. The summed E-state index contributed by atoms with van der Waals surface area (Å²) in [6, 6.07) is 11.3. The second-order valence-corrected chi connectivity index (χ2v) is 7.06. The molecular weight excluding hydrogens is 358 g/mol. The molecule has 1 N–H and O–H groups in total. The fourth-order valence-electron chi connectivity index (χ4n) is 2.87. The molecule has 1 aliphatic rings. The zero-order valence-corrected chi connectivity index (χ0v) is 14.9. The lowest BCUT2D eigenvalue weighted by atomic mass is 10.1. The number of aromatic amines is 1. The summed E-state index contributed by atoms with van der Waals surface area (Å²) in [6.45, 7) is 1.58. The quantitative estimate of drug-likeness (QED) is 0.754. The van der Waals surface area contributed by atoms with Crippen LogP contribution < -0.4 is 0 Å². The lowest BCUT2D eigenvalue weighted by Crippen LogP contribution is -2.42. The zero-order valence-electron chi connectivity index (χ0n) is 13.3. The maximum absolute atomic E-state index is 12.8. The third-order valence-corrected chi connectivity index (χ3v) is 5.16. The summed E-state index contributed by atoms with van der Waals surface area (Å²) in [5.74, 6) is -0.0590. The first kappa shape index (κ1) is 16.3. The van der Waals surface area contributed by atoms with Gasteiger partial charge in [0.2, 0.25) is 0 Å². The number of amides is 1. The van der Waals surface area contributed by atoms with Crippen molar-refractivity contribution in [2.75, 3.05) is 19.7 Å². The first-order valence-corrected chi connectivity index (χ1v) is 9.27. The minimum atomic E-state index is -0.144. The second-order valence-electron chi connectivity index (χ2n) is 5.84. The van der Waals surface area contributed by atoms with Gasteiger partial charge in [-0.2, -0.15) is 16.4 Å². The van der Waals surface area contributed by atoms with Gasteiger partial charge >= 0.3 is 0 Å². The van der Waals surface area contributed by atoms with E-state index in [1.807, 2.05) is 41.1 Å². The number of carbonyl (C=O) groups is 1. The molecule has 1 saturated heterocycles. The van der Waals surface area contributed by atoms with E-state index in [1.54, 1.807) is 22.3 Å². The Morgan fingerprint density at radius 2 is 2.16 bits per heavy atom. The van der Waals surface area contributed by atoms with E-state index in [1.165, 1.54) is 0 Å². The van der Waals surface area contributed by atoms with Gasteiger partial charge in [0.05, 0.1) is 18.8 Å². The first-order valence-electron chi connectivity index (χ1n) is 7.95. The van der Waals surface area contributed by atoms with Gasteiger partial charge in [-0.1, -0.05) is 23.7 Å². The summed E-state index contributed by atoms with van der Waals surface area (Å²) >= 11 is 7.54. The molecule has 4 rings (SSSR count). The molecule has 0 aliphatic carbocycles. The standard InChI is InChI=1S/C18H16ClN3O2S/c19-14-3-1-12(2-4-14)17-10-22(6-7-24-17)18(23)16-9-15(20-21-16)13-5-8-25-11-13/h1-5,8-9,11,17H,6-7,10H2,(H,20,21)/t17-/m0/s1. The highest BCUT2D eigenvalue weighted by Crippen LogP contribution is 2.25. The van der Waals surface area contributed by atoms with Crippen molar-refractivity contribution in [3.63, 3.8) is 0 Å². The predicted octanol–water partition coefficient (Wildman–Crippen LogP) is 4.01. The Bertz CT molecular complexity index is 861. The Labute approximate surface area is 154 Å². The van der Waals surface area contributed by atoms with Gasteiger partial charge < -0.3 is 9.64 Å². The molecule has 3 aromatic rings. The number of carbonyl (C=O) groups excluding carboxylic acids is 1. The Balaban J connectivity index is 1.49. The minimum Gasteiger partial charge on any atom is -0.370 e. The normalized spacial score (nSPS) is 17.6. The van der Waals surface area contributed by atoms with Gasteiger partial charge in [-0.3, -0.25) is 9.89 Å². The van der Waals surface area contributed by atoms with Crippen molar-refractivity contribution < 1.29 is 9.53 Å². The molecular formula is C18H16ClN3O2S. The van der Waals surface area contributed by atoms with Crippen molar-refractivity contribution in [1.29, 1.82) is 0 Å². The summed E-state index contributed by atoms with van der Waals surface area (Å²) in [5, 5.41) is 11.8. The number of thiophene rings is 1. The Hall–Kier alpha value is -2.15. The van der Waals surface area contributed by atoms with Crippen LogP contribution in [0.2, 0.25) is 5.02 Å². The third kappa shape index (κ3) is 3.46. The molecule has 0 spiro atoms. The van der Waals surface area contributed by atoms with Crippen LogP contribution in [0, 0.1) is 0 Å². The van der Waals surface area contributed by atoms with Crippen LogP contribution >= 0.6 is 22.9 Å². The molecule has 5 nitrogen and oxygen atoms in total. The zero-order chi connectivity index (χ0) is 17.2. The maximum atomic E-state index is 12.8. The highest BCUT2D eigenvalue weighted by molar-refractivity contribution is 7.08. The molecule has 0 radical (unpaired) electrons. The van der Waals surface area contributed by atoms with Crippen LogP contribution in [0.4, 0.5) is 0 Å². The Kier molecular flexibility index (Phi) is 4.57. The van der Waals surface area contributed by atoms with Gasteiger partial charge in [0, 0.05) is 22.5 Å². The molecule has 25 heavy (non-hydrogen) atoms. The molecule has 1 aromatic carbocycles. The first-order chi connectivity index (χ1) is 12.2. The van der Waals surface area contributed by atoms with Gasteiger partial charge in [0.25, 0.3) is 5.91 Å². The molecule has 1 amide bonds. The summed E-state index contributed by atoms with van der Waals surface area (Å²) in [7, 11) is 0. The summed E-state index contributed by atoms with van der Waals surface area (Å²) < 4.78 is 5.82. The number of nitrogens with zero attached hydrogens (tertiary/aromatic N) is 2. The average molecular weight is 374 g/mol. The number of aromatic nitrogens is 2. The molecule has 128 valence electrons. The van der Waals surface area contributed by atoms with Gasteiger partial charge in [0.15, 0.2) is 0 Å². The monoisotopic (exact) mass is 373 g/mol. The Morgan fingerprint density at radius 1 is 1.32 bits per heavy atom. The van der Waals surface area contributed by atoms with Crippen molar-refractivity contribution in [3.05, 3.63) is 63.4 Å². The lowest BCUT2D eigenvalue weighted by Gasteiger charge is -2.33. The van der Waals surface area contributed by atoms with Crippen molar-refractivity contribution in [3.8, 4) is 11.3 Å². The lowest BCUT2D eigenvalue weighted by molar-refractivity contribution is -0.0230. The number of benzene rings is 1. The molecule has 0 saturated carbocycles. The van der Waals surface area contributed by atoms with Crippen LogP contribution in [0.3, 0.4) is 0 Å². The number of nitrogens with one attached hydrogen (secondary N) is 1. The number of hydrogen-bond donors (Lipinski definition) is 1. The van der Waals surface area contributed by atoms with Crippen LogP contribution in [-0.2, 0) is 4.74 Å². The fourth-order valence-corrected chi connectivity index (χ4v) is 3.65. The van der Waals surface area contributed by atoms with Gasteiger partial charge in [-0.05, 0) is 35.2 Å². The van der Waals surface area contributed by atoms with E-state index >= 15 is 0 Å². The van der Waals surface area contributed by atoms with Crippen LogP contribution in [0.25, 0.3) is 11.3 Å². The average Bonchev–Trinajstić information content (AvgIpc) is 3.33. The van der Waals surface area contributed by atoms with Crippen LogP contribution in [0.1, 0.15) is 22.2 Å².